The summed E-state index contributed by atoms with van der Waals surface area (Å²) in [4.78, 5) is 14.6. The molecule has 18 heavy (non-hydrogen) atoms. The van der Waals surface area contributed by atoms with Gasteiger partial charge in [0.15, 0.2) is 0 Å². The van der Waals surface area contributed by atoms with Crippen molar-refractivity contribution >= 4 is 37.5 Å². The minimum Gasteiger partial charge on any atom is -0.480 e. The average molecular weight is 286 g/mol. The predicted molar refractivity (Wildman–Crippen MR) is 67.0 cm³/mol. The minimum absolute atomic E-state index is 0.128. The van der Waals surface area contributed by atoms with E-state index in [1.54, 1.807) is 24.3 Å². The van der Waals surface area contributed by atoms with E-state index in [0.29, 0.717) is 5.52 Å². The summed E-state index contributed by atoms with van der Waals surface area (Å²) in [5.74, 6) is -1.24. The molecule has 1 aromatic heterocycles. The Morgan fingerprint density at radius 2 is 2.11 bits per heavy atom. The van der Waals surface area contributed by atoms with E-state index in [1.165, 1.54) is 6.92 Å². The van der Waals surface area contributed by atoms with Crippen LogP contribution in [-0.4, -0.2) is 30.5 Å². The Morgan fingerprint density at radius 3 is 2.72 bits per heavy atom. The largest absolute Gasteiger partial charge is 0.480 e. The topological polar surface area (TPSA) is 96.4 Å². The number of fused-ring (bicyclic) bond motifs is 1. The van der Waals surface area contributed by atoms with Crippen molar-refractivity contribution in [2.75, 3.05) is 0 Å². The Balaban J connectivity index is 2.38. The molecule has 0 saturated carbocycles. The number of sulfonamides is 1. The van der Waals surface area contributed by atoms with Crippen LogP contribution in [0.3, 0.4) is 0 Å². The summed E-state index contributed by atoms with van der Waals surface area (Å²) < 4.78 is 26.4. The highest BCUT2D eigenvalue weighted by atomic mass is 32.2. The highest BCUT2D eigenvalue weighted by molar-refractivity contribution is 7.91. The Morgan fingerprint density at radius 1 is 1.44 bits per heavy atom. The van der Waals surface area contributed by atoms with Gasteiger partial charge in [-0.3, -0.25) is 4.79 Å². The van der Waals surface area contributed by atoms with E-state index in [0.717, 1.165) is 16.0 Å². The molecule has 1 aromatic carbocycles. The van der Waals surface area contributed by atoms with Crippen molar-refractivity contribution in [3.8, 4) is 0 Å². The van der Waals surface area contributed by atoms with E-state index in [2.05, 4.69) is 9.71 Å². The molecule has 2 aromatic rings. The minimum atomic E-state index is -3.89. The van der Waals surface area contributed by atoms with Crippen LogP contribution >= 0.6 is 11.3 Å². The number of nitrogens with one attached hydrogen (secondary N) is 1. The van der Waals surface area contributed by atoms with Gasteiger partial charge in [-0.2, -0.15) is 4.72 Å². The van der Waals surface area contributed by atoms with Crippen LogP contribution in [0.2, 0.25) is 0 Å². The molecule has 1 atom stereocenters. The second kappa shape index (κ2) is 4.63. The van der Waals surface area contributed by atoms with Crippen molar-refractivity contribution in [2.24, 2.45) is 0 Å². The van der Waals surface area contributed by atoms with Gasteiger partial charge in [-0.1, -0.05) is 12.1 Å². The maximum atomic E-state index is 11.9. The Labute approximate surface area is 107 Å². The molecule has 1 unspecified atom stereocenters. The molecule has 8 heteroatoms. The molecule has 0 amide bonds. The molecule has 0 fully saturated rings. The van der Waals surface area contributed by atoms with Crippen LogP contribution in [0.5, 0.6) is 0 Å². The van der Waals surface area contributed by atoms with Crippen molar-refractivity contribution < 1.29 is 18.3 Å². The summed E-state index contributed by atoms with van der Waals surface area (Å²) in [6.07, 6.45) is 0. The van der Waals surface area contributed by atoms with Gasteiger partial charge in [0.25, 0.3) is 10.0 Å². The number of para-hydroxylation sites is 1. The fourth-order valence-electron chi connectivity index (χ4n) is 1.30. The molecule has 0 aliphatic rings. The number of thiazole rings is 1. The average Bonchev–Trinajstić information content (AvgIpc) is 2.72. The number of nitrogens with zero attached hydrogens (tertiary/aromatic N) is 1. The molecule has 96 valence electrons. The number of hydrogen-bond donors (Lipinski definition) is 2. The van der Waals surface area contributed by atoms with E-state index in [-0.39, 0.29) is 4.34 Å². The van der Waals surface area contributed by atoms with Crippen LogP contribution in [0.25, 0.3) is 10.2 Å². The second-order valence-corrected chi connectivity index (χ2v) is 6.55. The van der Waals surface area contributed by atoms with Gasteiger partial charge in [0, 0.05) is 0 Å². The van der Waals surface area contributed by atoms with E-state index in [9.17, 15) is 13.2 Å². The van der Waals surface area contributed by atoms with Crippen LogP contribution in [0.4, 0.5) is 0 Å². The fourth-order valence-corrected chi connectivity index (χ4v) is 3.73. The quantitative estimate of drug-likeness (QED) is 0.875. The third kappa shape index (κ3) is 2.50. The van der Waals surface area contributed by atoms with Gasteiger partial charge in [0.2, 0.25) is 4.34 Å². The third-order valence-electron chi connectivity index (χ3n) is 2.21. The summed E-state index contributed by atoms with van der Waals surface area (Å²) >= 11 is 1.00. The lowest BCUT2D eigenvalue weighted by Crippen LogP contribution is -2.38. The first-order valence-corrected chi connectivity index (χ1v) is 7.31. The number of carboxylic acids is 1. The normalized spacial score (nSPS) is 13.6. The maximum absolute atomic E-state index is 11.9. The lowest BCUT2D eigenvalue weighted by molar-refractivity contribution is -0.138. The smallest absolute Gasteiger partial charge is 0.321 e. The SMILES string of the molecule is CC(NS(=O)(=O)c1nc2ccccc2s1)C(=O)O. The van der Waals surface area contributed by atoms with Crippen molar-refractivity contribution in [2.45, 2.75) is 17.3 Å². The summed E-state index contributed by atoms with van der Waals surface area (Å²) in [5.41, 5.74) is 0.575. The summed E-state index contributed by atoms with van der Waals surface area (Å²) in [6, 6.07) is 5.80. The lowest BCUT2D eigenvalue weighted by atomic mass is 10.3. The molecule has 0 bridgehead atoms. The first kappa shape index (κ1) is 12.9. The number of rotatable bonds is 4. The second-order valence-electron chi connectivity index (χ2n) is 3.63. The Bertz CT molecular complexity index is 660. The van der Waals surface area contributed by atoms with Gasteiger partial charge in [0.1, 0.15) is 6.04 Å². The lowest BCUT2D eigenvalue weighted by Gasteiger charge is -2.07. The number of aliphatic carboxylic acids is 1. The molecular formula is C10H10N2O4S2. The highest BCUT2D eigenvalue weighted by Gasteiger charge is 2.24. The standard InChI is InChI=1S/C10H10N2O4S2/c1-6(9(13)14)12-18(15,16)10-11-7-4-2-3-5-8(7)17-10/h2-6,12H,1H3,(H,13,14). The molecule has 1 heterocycles. The van der Waals surface area contributed by atoms with Gasteiger partial charge in [-0.15, -0.1) is 11.3 Å². The Kier molecular flexibility index (Phi) is 3.33. The molecule has 0 aliphatic carbocycles. The van der Waals surface area contributed by atoms with Crippen molar-refractivity contribution in [1.82, 2.24) is 9.71 Å². The van der Waals surface area contributed by atoms with Gasteiger partial charge >= 0.3 is 5.97 Å². The molecule has 0 radical (unpaired) electrons. The number of carbonyl (C=O) groups is 1. The summed E-state index contributed by atoms with van der Waals surface area (Å²) in [7, 11) is -3.89. The number of benzene rings is 1. The zero-order valence-corrected chi connectivity index (χ0v) is 11.0. The molecule has 0 spiro atoms. The summed E-state index contributed by atoms with van der Waals surface area (Å²) in [6.45, 7) is 1.26. The maximum Gasteiger partial charge on any atom is 0.321 e. The first-order valence-electron chi connectivity index (χ1n) is 5.01. The van der Waals surface area contributed by atoms with E-state index >= 15 is 0 Å². The van der Waals surface area contributed by atoms with Gasteiger partial charge in [-0.25, -0.2) is 13.4 Å². The molecule has 2 N–H and O–H groups in total. The molecular weight excluding hydrogens is 276 g/mol. The van der Waals surface area contributed by atoms with Crippen LogP contribution in [0.15, 0.2) is 28.6 Å². The number of carboxylic acid groups (broad SMARTS) is 1. The first-order chi connectivity index (χ1) is 8.40. The van der Waals surface area contributed by atoms with Gasteiger partial charge in [0.05, 0.1) is 10.2 Å². The number of aromatic nitrogens is 1. The Hall–Kier alpha value is -1.51. The van der Waals surface area contributed by atoms with Gasteiger partial charge < -0.3 is 5.11 Å². The number of hydrogen-bond acceptors (Lipinski definition) is 5. The molecule has 0 aliphatic heterocycles. The van der Waals surface area contributed by atoms with Crippen LogP contribution in [-0.2, 0) is 14.8 Å². The van der Waals surface area contributed by atoms with Crippen LogP contribution in [0, 0.1) is 0 Å². The summed E-state index contributed by atoms with van der Waals surface area (Å²) in [5, 5.41) is 8.69. The zero-order chi connectivity index (χ0) is 13.3. The van der Waals surface area contributed by atoms with Crippen LogP contribution < -0.4 is 4.72 Å². The fraction of sp³-hybridized carbons (Fsp3) is 0.200. The van der Waals surface area contributed by atoms with Crippen LogP contribution in [0.1, 0.15) is 6.92 Å². The van der Waals surface area contributed by atoms with Gasteiger partial charge in [-0.05, 0) is 19.1 Å². The highest BCUT2D eigenvalue weighted by Crippen LogP contribution is 2.24. The monoisotopic (exact) mass is 286 g/mol. The molecule has 6 nitrogen and oxygen atoms in total. The molecule has 0 saturated heterocycles. The van der Waals surface area contributed by atoms with Crippen molar-refractivity contribution in [3.63, 3.8) is 0 Å². The van der Waals surface area contributed by atoms with Crippen molar-refractivity contribution in [1.29, 1.82) is 0 Å². The predicted octanol–water partition coefficient (Wildman–Crippen LogP) is 1.05. The third-order valence-corrected chi connectivity index (χ3v) is 5.16. The molecule has 2 rings (SSSR count). The van der Waals surface area contributed by atoms with E-state index in [4.69, 9.17) is 5.11 Å². The zero-order valence-electron chi connectivity index (χ0n) is 9.32. The van der Waals surface area contributed by atoms with Crippen molar-refractivity contribution in [3.05, 3.63) is 24.3 Å². The van der Waals surface area contributed by atoms with E-state index in [1.807, 2.05) is 0 Å². The van der Waals surface area contributed by atoms with E-state index < -0.39 is 22.0 Å².